The molecule has 146 valence electrons. The van der Waals surface area contributed by atoms with Gasteiger partial charge in [0.25, 0.3) is 0 Å². The zero-order chi connectivity index (χ0) is 20.4. The number of nitrogens with two attached hydrogens (primary N) is 2. The Hall–Kier alpha value is -2.91. The summed E-state index contributed by atoms with van der Waals surface area (Å²) in [6, 6.07) is 4.48. The zero-order valence-electron chi connectivity index (χ0n) is 15.1. The summed E-state index contributed by atoms with van der Waals surface area (Å²) < 4.78 is 10.3. The number of hydrogen-bond donors (Lipinski definition) is 2. The van der Waals surface area contributed by atoms with Crippen LogP contribution >= 0.6 is 22.9 Å². The van der Waals surface area contributed by atoms with Crippen LogP contribution in [0, 0.1) is 6.92 Å². The minimum Gasteiger partial charge on any atom is -0.462 e. The van der Waals surface area contributed by atoms with Crippen LogP contribution < -0.4 is 11.5 Å². The lowest BCUT2D eigenvalue weighted by atomic mass is 10.2. The molecule has 0 spiro atoms. The van der Waals surface area contributed by atoms with Gasteiger partial charge in [-0.25, -0.2) is 19.6 Å². The molecule has 0 saturated heterocycles. The number of anilines is 2. The van der Waals surface area contributed by atoms with Crippen molar-refractivity contribution in [3.05, 3.63) is 45.1 Å². The monoisotopic (exact) mass is 420 g/mol. The van der Waals surface area contributed by atoms with Crippen molar-refractivity contribution in [1.29, 1.82) is 0 Å². The number of carbonyl (C=O) groups excluding carboxylic acids is 2. The summed E-state index contributed by atoms with van der Waals surface area (Å²) in [5.74, 6) is -0.659. The third-order valence-electron chi connectivity index (χ3n) is 3.89. The topological polar surface area (TPSA) is 130 Å². The molecule has 3 aromatic rings. The molecule has 28 heavy (non-hydrogen) atoms. The average Bonchev–Trinajstić information content (AvgIpc) is 2.97. The van der Waals surface area contributed by atoms with E-state index >= 15 is 0 Å². The SMILES string of the molecule is CCOC(=O)c1sc2nc(COC(=O)c3ccc(Cl)cc3N)nc(N)c2c1C. The van der Waals surface area contributed by atoms with Crippen LogP contribution in [0.2, 0.25) is 5.02 Å². The molecule has 4 N–H and O–H groups in total. The minimum absolute atomic E-state index is 0.190. The average molecular weight is 421 g/mol. The maximum Gasteiger partial charge on any atom is 0.348 e. The first-order chi connectivity index (χ1) is 13.3. The number of rotatable bonds is 5. The standard InChI is InChI=1S/C18H17ClN4O4S/c1-3-26-18(25)14-8(2)13-15(21)22-12(23-16(13)28-14)7-27-17(24)10-5-4-9(19)6-11(10)20/h4-6H,3,7,20H2,1-2H3,(H2,21,22,23). The molecule has 0 fully saturated rings. The van der Waals surface area contributed by atoms with Crippen molar-refractivity contribution in [3.8, 4) is 0 Å². The molecule has 0 amide bonds. The summed E-state index contributed by atoms with van der Waals surface area (Å²) in [5, 5.41) is 1.01. The van der Waals surface area contributed by atoms with Gasteiger partial charge in [-0.2, -0.15) is 0 Å². The molecule has 0 atom stereocenters. The van der Waals surface area contributed by atoms with Gasteiger partial charge in [-0.1, -0.05) is 11.6 Å². The lowest BCUT2D eigenvalue weighted by molar-refractivity contribution is 0.0463. The van der Waals surface area contributed by atoms with E-state index in [9.17, 15) is 9.59 Å². The van der Waals surface area contributed by atoms with E-state index in [2.05, 4.69) is 9.97 Å². The summed E-state index contributed by atoms with van der Waals surface area (Å²) in [6.45, 7) is 3.55. The maximum absolute atomic E-state index is 12.2. The second-order valence-electron chi connectivity index (χ2n) is 5.79. The van der Waals surface area contributed by atoms with Gasteiger partial charge in [-0.15, -0.1) is 11.3 Å². The number of halogens is 1. The summed E-state index contributed by atoms with van der Waals surface area (Å²) in [7, 11) is 0. The molecule has 2 aromatic heterocycles. The van der Waals surface area contributed by atoms with E-state index in [0.29, 0.717) is 25.7 Å². The van der Waals surface area contributed by atoms with Crippen molar-refractivity contribution in [2.75, 3.05) is 18.1 Å². The molecule has 2 heterocycles. The fourth-order valence-electron chi connectivity index (χ4n) is 2.60. The van der Waals surface area contributed by atoms with E-state index in [0.717, 1.165) is 11.3 Å². The third-order valence-corrected chi connectivity index (χ3v) is 5.29. The van der Waals surface area contributed by atoms with Crippen molar-refractivity contribution in [2.24, 2.45) is 0 Å². The molecule has 8 nitrogen and oxygen atoms in total. The maximum atomic E-state index is 12.2. The first kappa shape index (κ1) is 19.8. The van der Waals surface area contributed by atoms with Crippen LogP contribution in [0.15, 0.2) is 18.2 Å². The molecular formula is C18H17ClN4O4S. The van der Waals surface area contributed by atoms with E-state index in [4.69, 9.17) is 32.5 Å². The van der Waals surface area contributed by atoms with Crippen molar-refractivity contribution in [3.63, 3.8) is 0 Å². The largest absolute Gasteiger partial charge is 0.462 e. The van der Waals surface area contributed by atoms with Crippen LogP contribution in [0.4, 0.5) is 11.5 Å². The molecule has 10 heteroatoms. The second kappa shape index (κ2) is 7.99. The third kappa shape index (κ3) is 3.85. The Morgan fingerprint density at radius 2 is 1.93 bits per heavy atom. The fourth-order valence-corrected chi connectivity index (χ4v) is 3.88. The van der Waals surface area contributed by atoms with Gasteiger partial charge in [0.05, 0.1) is 17.6 Å². The zero-order valence-corrected chi connectivity index (χ0v) is 16.7. The van der Waals surface area contributed by atoms with Gasteiger partial charge < -0.3 is 20.9 Å². The van der Waals surface area contributed by atoms with Gasteiger partial charge in [0.1, 0.15) is 15.5 Å². The Kier molecular flexibility index (Phi) is 5.66. The smallest absolute Gasteiger partial charge is 0.348 e. The van der Waals surface area contributed by atoms with Gasteiger partial charge in [0, 0.05) is 10.7 Å². The van der Waals surface area contributed by atoms with Gasteiger partial charge >= 0.3 is 11.9 Å². The molecule has 0 unspecified atom stereocenters. The number of benzene rings is 1. The van der Waals surface area contributed by atoms with Crippen LogP contribution in [-0.2, 0) is 16.1 Å². The van der Waals surface area contributed by atoms with E-state index < -0.39 is 11.9 Å². The predicted molar refractivity (Wildman–Crippen MR) is 108 cm³/mol. The van der Waals surface area contributed by atoms with Crippen molar-refractivity contribution < 1.29 is 19.1 Å². The quantitative estimate of drug-likeness (QED) is 0.474. The number of aryl methyl sites for hydroxylation is 1. The van der Waals surface area contributed by atoms with Crippen LogP contribution in [-0.4, -0.2) is 28.5 Å². The van der Waals surface area contributed by atoms with Crippen LogP contribution in [0.1, 0.15) is 38.3 Å². The van der Waals surface area contributed by atoms with Crippen molar-refractivity contribution in [1.82, 2.24) is 9.97 Å². The number of nitrogens with zero attached hydrogens (tertiary/aromatic N) is 2. The highest BCUT2D eigenvalue weighted by Crippen LogP contribution is 2.33. The molecular weight excluding hydrogens is 404 g/mol. The van der Waals surface area contributed by atoms with Crippen molar-refractivity contribution in [2.45, 2.75) is 20.5 Å². The van der Waals surface area contributed by atoms with Crippen LogP contribution in [0.25, 0.3) is 10.2 Å². The van der Waals surface area contributed by atoms with Gasteiger partial charge in [-0.05, 0) is 37.6 Å². The molecule has 0 saturated carbocycles. The number of ether oxygens (including phenoxy) is 2. The molecule has 0 aliphatic rings. The highest BCUT2D eigenvalue weighted by molar-refractivity contribution is 7.20. The summed E-state index contributed by atoms with van der Waals surface area (Å²) in [6.07, 6.45) is 0. The van der Waals surface area contributed by atoms with Gasteiger partial charge in [-0.3, -0.25) is 0 Å². The lowest BCUT2D eigenvalue weighted by Gasteiger charge is -2.07. The number of esters is 2. The summed E-state index contributed by atoms with van der Waals surface area (Å²) >= 11 is 6.98. The highest BCUT2D eigenvalue weighted by atomic mass is 35.5. The normalized spacial score (nSPS) is 10.8. The summed E-state index contributed by atoms with van der Waals surface area (Å²) in [5.41, 5.74) is 12.9. The van der Waals surface area contributed by atoms with Gasteiger partial charge in [0.15, 0.2) is 12.4 Å². The number of aromatic nitrogens is 2. The Morgan fingerprint density at radius 3 is 2.61 bits per heavy atom. The lowest BCUT2D eigenvalue weighted by Crippen LogP contribution is -2.10. The van der Waals surface area contributed by atoms with E-state index in [-0.39, 0.29) is 36.1 Å². The number of fused-ring (bicyclic) bond motifs is 1. The Balaban J connectivity index is 1.84. The Morgan fingerprint density at radius 1 is 1.18 bits per heavy atom. The summed E-state index contributed by atoms with van der Waals surface area (Å²) in [4.78, 5) is 33.8. The fraction of sp³-hybridized carbons (Fsp3) is 0.222. The van der Waals surface area contributed by atoms with Crippen molar-refractivity contribution >= 4 is 56.6 Å². The first-order valence-electron chi connectivity index (χ1n) is 8.26. The number of thiophene rings is 1. The van der Waals surface area contributed by atoms with Crippen LogP contribution in [0.5, 0.6) is 0 Å². The second-order valence-corrected chi connectivity index (χ2v) is 7.23. The highest BCUT2D eigenvalue weighted by Gasteiger charge is 2.21. The Bertz CT molecular complexity index is 1080. The number of carbonyl (C=O) groups is 2. The van der Waals surface area contributed by atoms with E-state index in [1.807, 2.05) is 0 Å². The number of nitrogen functional groups attached to an aromatic ring is 2. The first-order valence-corrected chi connectivity index (χ1v) is 9.46. The molecule has 0 aliphatic carbocycles. The van der Waals surface area contributed by atoms with Crippen LogP contribution in [0.3, 0.4) is 0 Å². The molecule has 0 radical (unpaired) electrons. The van der Waals surface area contributed by atoms with Gasteiger partial charge in [0.2, 0.25) is 0 Å². The molecule has 0 bridgehead atoms. The number of hydrogen-bond acceptors (Lipinski definition) is 9. The predicted octanol–water partition coefficient (Wildman–Crippen LogP) is 3.35. The minimum atomic E-state index is -0.633. The molecule has 0 aliphatic heterocycles. The molecule has 3 rings (SSSR count). The van der Waals surface area contributed by atoms with E-state index in [1.165, 1.54) is 12.1 Å². The van der Waals surface area contributed by atoms with E-state index in [1.54, 1.807) is 19.9 Å². The Labute approximate surface area is 169 Å². The molecule has 1 aromatic carbocycles.